The smallest absolute Gasteiger partial charge is 0.255 e. The summed E-state index contributed by atoms with van der Waals surface area (Å²) in [6, 6.07) is 8.67. The van der Waals surface area contributed by atoms with E-state index in [0.717, 1.165) is 12.1 Å². The number of rotatable bonds is 4. The Balaban J connectivity index is 1.32. The number of amides is 1. The summed E-state index contributed by atoms with van der Waals surface area (Å²) in [5, 5.41) is 17.4. The average Bonchev–Trinajstić information content (AvgIpc) is 3.45. The molecule has 0 saturated carbocycles. The number of carbonyl (C=O) groups is 1. The van der Waals surface area contributed by atoms with Gasteiger partial charge in [-0.15, -0.1) is 10.2 Å². The second-order valence-electron chi connectivity index (χ2n) is 7.15. The molecule has 1 unspecified atom stereocenters. The zero-order valence-electron chi connectivity index (χ0n) is 16.3. The Labute approximate surface area is 179 Å². The fourth-order valence-electron chi connectivity index (χ4n) is 3.50. The molecule has 10 heteroatoms. The predicted molar refractivity (Wildman–Crippen MR) is 107 cm³/mol. The van der Waals surface area contributed by atoms with Crippen molar-refractivity contribution < 1.29 is 22.4 Å². The van der Waals surface area contributed by atoms with E-state index in [2.05, 4.69) is 25.7 Å². The van der Waals surface area contributed by atoms with E-state index in [9.17, 15) is 18.0 Å². The number of halogens is 3. The number of nitrogens with zero attached hydrogens (tertiary/aromatic N) is 3. The lowest BCUT2D eigenvalue weighted by atomic mass is 9.92. The summed E-state index contributed by atoms with van der Waals surface area (Å²) in [4.78, 5) is 12.3. The van der Waals surface area contributed by atoms with Gasteiger partial charge < -0.3 is 9.73 Å². The Kier molecular flexibility index (Phi) is 4.81. The van der Waals surface area contributed by atoms with E-state index in [4.69, 9.17) is 4.42 Å². The highest BCUT2D eigenvalue weighted by Crippen LogP contribution is 2.29. The van der Waals surface area contributed by atoms with Crippen LogP contribution in [0, 0.1) is 17.5 Å². The summed E-state index contributed by atoms with van der Waals surface area (Å²) in [5.41, 5.74) is 1.38. The summed E-state index contributed by atoms with van der Waals surface area (Å²) in [5.74, 6) is -1.98. The maximum atomic E-state index is 14.1. The quantitative estimate of drug-likeness (QED) is 0.502. The molecule has 1 aliphatic rings. The van der Waals surface area contributed by atoms with Crippen LogP contribution in [0.2, 0.25) is 0 Å². The Hall–Kier alpha value is -4.21. The predicted octanol–water partition coefficient (Wildman–Crippen LogP) is 4.07. The number of hydrogen-bond acceptors (Lipinski definition) is 5. The van der Waals surface area contributed by atoms with E-state index in [-0.39, 0.29) is 35.1 Å². The lowest BCUT2D eigenvalue weighted by Crippen LogP contribution is -2.37. The topological polar surface area (TPSA) is 96.7 Å². The van der Waals surface area contributed by atoms with Crippen LogP contribution in [0.5, 0.6) is 0 Å². The lowest BCUT2D eigenvalue weighted by molar-refractivity contribution is 0.0917. The molecule has 1 amide bonds. The Bertz CT molecular complexity index is 1340. The van der Waals surface area contributed by atoms with Gasteiger partial charge in [0.05, 0.1) is 23.0 Å². The molecule has 0 aliphatic carbocycles. The van der Waals surface area contributed by atoms with Crippen molar-refractivity contribution in [2.45, 2.75) is 12.5 Å². The van der Waals surface area contributed by atoms with E-state index < -0.39 is 23.6 Å². The number of carbonyl (C=O) groups excluding carboxylic acids is 1. The van der Waals surface area contributed by atoms with Gasteiger partial charge in [-0.05, 0) is 48.5 Å². The van der Waals surface area contributed by atoms with Crippen molar-refractivity contribution >= 4 is 18.1 Å². The normalized spacial score (nSPS) is 15.7. The third-order valence-electron chi connectivity index (χ3n) is 5.07. The van der Waals surface area contributed by atoms with Crippen LogP contribution in [0.25, 0.3) is 23.6 Å². The standard InChI is InChI=1S/C22H14F3N5O2/c23-12-3-1-11(2-4-12)22-30-29-19(32-22)8-5-13-9-18(28-27-13)17-10-14-15(24)6-7-16(25)20(14)21(31)26-17/h1-9,17H,10H2,(H,26,31)(H,27,28)/b8-5+. The van der Waals surface area contributed by atoms with Crippen LogP contribution < -0.4 is 5.32 Å². The molecular formula is C22H14F3N5O2. The molecule has 2 N–H and O–H groups in total. The van der Waals surface area contributed by atoms with Gasteiger partial charge in [0.15, 0.2) is 0 Å². The molecule has 0 spiro atoms. The van der Waals surface area contributed by atoms with Crippen molar-refractivity contribution in [2.75, 3.05) is 0 Å². The highest BCUT2D eigenvalue weighted by molar-refractivity contribution is 5.97. The van der Waals surface area contributed by atoms with Gasteiger partial charge in [-0.2, -0.15) is 5.10 Å². The molecular weight excluding hydrogens is 423 g/mol. The van der Waals surface area contributed by atoms with Gasteiger partial charge in [-0.25, -0.2) is 13.2 Å². The minimum absolute atomic E-state index is 0.0321. The molecule has 1 atom stereocenters. The summed E-state index contributed by atoms with van der Waals surface area (Å²) < 4.78 is 46.6. The third kappa shape index (κ3) is 3.66. The number of hydrogen-bond donors (Lipinski definition) is 2. The fourth-order valence-corrected chi connectivity index (χ4v) is 3.50. The number of benzene rings is 2. The number of nitrogens with one attached hydrogen (secondary N) is 2. The van der Waals surface area contributed by atoms with Crippen LogP contribution in [-0.4, -0.2) is 26.3 Å². The summed E-state index contributed by atoms with van der Waals surface area (Å²) in [6.45, 7) is 0. The van der Waals surface area contributed by atoms with Crippen LogP contribution in [-0.2, 0) is 6.42 Å². The summed E-state index contributed by atoms with van der Waals surface area (Å²) >= 11 is 0. The minimum atomic E-state index is -0.759. The lowest BCUT2D eigenvalue weighted by Gasteiger charge is -2.25. The first-order chi connectivity index (χ1) is 15.5. The van der Waals surface area contributed by atoms with E-state index >= 15 is 0 Å². The maximum Gasteiger partial charge on any atom is 0.255 e. The molecule has 3 heterocycles. The molecule has 1 aliphatic heterocycles. The van der Waals surface area contributed by atoms with Crippen molar-refractivity contribution in [1.29, 1.82) is 0 Å². The zero-order valence-corrected chi connectivity index (χ0v) is 16.3. The van der Waals surface area contributed by atoms with Crippen molar-refractivity contribution in [3.63, 3.8) is 0 Å². The molecule has 2 aromatic heterocycles. The number of aromatic nitrogens is 4. The van der Waals surface area contributed by atoms with Crippen LogP contribution >= 0.6 is 0 Å². The van der Waals surface area contributed by atoms with Crippen LogP contribution in [0.15, 0.2) is 46.9 Å². The largest absolute Gasteiger partial charge is 0.417 e. The second kappa shape index (κ2) is 7.80. The Morgan fingerprint density at radius 1 is 1.00 bits per heavy atom. The van der Waals surface area contributed by atoms with Gasteiger partial charge in [-0.3, -0.25) is 9.89 Å². The maximum absolute atomic E-state index is 14.1. The Morgan fingerprint density at radius 3 is 2.59 bits per heavy atom. The van der Waals surface area contributed by atoms with E-state index in [0.29, 0.717) is 17.0 Å². The third-order valence-corrected chi connectivity index (χ3v) is 5.07. The molecule has 2 aromatic carbocycles. The van der Waals surface area contributed by atoms with Crippen molar-refractivity contribution in [3.05, 3.63) is 88.3 Å². The molecule has 160 valence electrons. The first-order valence-corrected chi connectivity index (χ1v) is 9.58. The summed E-state index contributed by atoms with van der Waals surface area (Å²) in [7, 11) is 0. The van der Waals surface area contributed by atoms with Crippen LogP contribution in [0.3, 0.4) is 0 Å². The van der Waals surface area contributed by atoms with E-state index in [1.807, 2.05) is 0 Å². The van der Waals surface area contributed by atoms with Gasteiger partial charge in [0.2, 0.25) is 11.8 Å². The molecule has 7 nitrogen and oxygen atoms in total. The van der Waals surface area contributed by atoms with Gasteiger partial charge in [0.1, 0.15) is 17.5 Å². The SMILES string of the molecule is O=C1NC(c2cc(/C=C/c3nnc(-c4ccc(F)cc4)o3)n[nH]2)Cc2c(F)ccc(F)c21. The first kappa shape index (κ1) is 19.7. The molecule has 0 bridgehead atoms. The first-order valence-electron chi connectivity index (χ1n) is 9.58. The average molecular weight is 437 g/mol. The monoisotopic (exact) mass is 437 g/mol. The zero-order chi connectivity index (χ0) is 22.2. The second-order valence-corrected chi connectivity index (χ2v) is 7.15. The van der Waals surface area contributed by atoms with Gasteiger partial charge in [0, 0.05) is 23.6 Å². The molecule has 32 heavy (non-hydrogen) atoms. The van der Waals surface area contributed by atoms with E-state index in [1.54, 1.807) is 18.2 Å². The van der Waals surface area contributed by atoms with Gasteiger partial charge in [-0.1, -0.05) is 0 Å². The number of aromatic amines is 1. The molecule has 0 saturated heterocycles. The van der Waals surface area contributed by atoms with E-state index in [1.165, 1.54) is 24.3 Å². The highest BCUT2D eigenvalue weighted by Gasteiger charge is 2.31. The molecule has 0 fully saturated rings. The molecule has 5 rings (SSSR count). The number of fused-ring (bicyclic) bond motifs is 1. The van der Waals surface area contributed by atoms with Crippen molar-refractivity contribution in [2.24, 2.45) is 0 Å². The van der Waals surface area contributed by atoms with Crippen LogP contribution in [0.1, 0.15) is 39.2 Å². The van der Waals surface area contributed by atoms with Gasteiger partial charge in [0.25, 0.3) is 5.91 Å². The number of H-pyrrole nitrogens is 1. The van der Waals surface area contributed by atoms with Crippen molar-refractivity contribution in [1.82, 2.24) is 25.7 Å². The highest BCUT2D eigenvalue weighted by atomic mass is 19.1. The Morgan fingerprint density at radius 2 is 1.78 bits per heavy atom. The van der Waals surface area contributed by atoms with Crippen LogP contribution in [0.4, 0.5) is 13.2 Å². The van der Waals surface area contributed by atoms with Gasteiger partial charge >= 0.3 is 0 Å². The fraction of sp³-hybridized carbons (Fsp3) is 0.0909. The minimum Gasteiger partial charge on any atom is -0.417 e. The molecule has 4 aromatic rings. The summed E-state index contributed by atoms with van der Waals surface area (Å²) in [6.07, 6.45) is 3.24. The van der Waals surface area contributed by atoms with Crippen molar-refractivity contribution in [3.8, 4) is 11.5 Å². The molecule has 0 radical (unpaired) electrons.